The highest BCUT2D eigenvalue weighted by Gasteiger charge is 2.24. The van der Waals surface area contributed by atoms with Crippen molar-refractivity contribution in [2.24, 2.45) is 0 Å². The first-order chi connectivity index (χ1) is 9.61. The summed E-state index contributed by atoms with van der Waals surface area (Å²) in [5, 5.41) is 16.0. The molecule has 0 saturated heterocycles. The highest BCUT2D eigenvalue weighted by atomic mass is 16.4. The summed E-state index contributed by atoms with van der Waals surface area (Å²) in [6.07, 6.45) is 6.97. The minimum Gasteiger partial charge on any atom is -0.476 e. The molecule has 0 aromatic carbocycles. The van der Waals surface area contributed by atoms with Gasteiger partial charge in [0.05, 0.1) is 6.20 Å². The molecule has 7 heteroatoms. The Balaban J connectivity index is 1.99. The third-order valence-corrected chi connectivity index (χ3v) is 3.73. The number of amides is 1. The van der Waals surface area contributed by atoms with Gasteiger partial charge in [-0.25, -0.2) is 9.48 Å². The molecule has 1 heterocycles. The van der Waals surface area contributed by atoms with Crippen LogP contribution >= 0.6 is 0 Å². The maximum Gasteiger partial charge on any atom is 0.358 e. The first-order valence-corrected chi connectivity index (χ1v) is 7.04. The maximum atomic E-state index is 12.3. The lowest BCUT2D eigenvalue weighted by molar-refractivity contribution is -0.134. The smallest absolute Gasteiger partial charge is 0.358 e. The molecule has 0 spiro atoms. The molecule has 0 atom stereocenters. The van der Waals surface area contributed by atoms with E-state index in [1.807, 2.05) is 11.8 Å². The molecule has 1 aliphatic rings. The second-order valence-corrected chi connectivity index (χ2v) is 5.08. The Kier molecular flexibility index (Phi) is 4.70. The van der Waals surface area contributed by atoms with E-state index < -0.39 is 5.97 Å². The molecule has 1 N–H and O–H groups in total. The Hall–Kier alpha value is -1.92. The minimum atomic E-state index is -1.14. The zero-order chi connectivity index (χ0) is 14.5. The summed E-state index contributed by atoms with van der Waals surface area (Å²) in [5.41, 5.74) is -0.140. The van der Waals surface area contributed by atoms with Crippen LogP contribution in [0.1, 0.15) is 49.5 Å². The molecule has 20 heavy (non-hydrogen) atoms. The van der Waals surface area contributed by atoms with Gasteiger partial charge in [0.15, 0.2) is 5.69 Å². The van der Waals surface area contributed by atoms with Crippen LogP contribution in [0.25, 0.3) is 0 Å². The van der Waals surface area contributed by atoms with E-state index in [0.29, 0.717) is 12.6 Å². The van der Waals surface area contributed by atoms with Gasteiger partial charge in [-0.3, -0.25) is 4.79 Å². The molecule has 110 valence electrons. The molecule has 1 aliphatic carbocycles. The van der Waals surface area contributed by atoms with E-state index in [1.165, 1.54) is 30.1 Å². The fraction of sp³-hybridized carbons (Fsp3) is 0.692. The molecule has 0 aliphatic heterocycles. The van der Waals surface area contributed by atoms with E-state index in [9.17, 15) is 9.59 Å². The Bertz CT molecular complexity index is 480. The lowest BCUT2D eigenvalue weighted by Crippen LogP contribution is -2.43. The van der Waals surface area contributed by atoms with E-state index in [1.54, 1.807) is 0 Å². The van der Waals surface area contributed by atoms with E-state index in [0.717, 1.165) is 12.8 Å². The topological polar surface area (TPSA) is 88.3 Å². The zero-order valence-electron chi connectivity index (χ0n) is 11.7. The number of aromatic carboxylic acids is 1. The van der Waals surface area contributed by atoms with Gasteiger partial charge in [0.2, 0.25) is 5.91 Å². The summed E-state index contributed by atoms with van der Waals surface area (Å²) >= 11 is 0. The number of carbonyl (C=O) groups excluding carboxylic acids is 1. The number of carbonyl (C=O) groups is 2. The molecular weight excluding hydrogens is 260 g/mol. The highest BCUT2D eigenvalue weighted by Crippen LogP contribution is 2.22. The summed E-state index contributed by atoms with van der Waals surface area (Å²) in [4.78, 5) is 24.9. The van der Waals surface area contributed by atoms with E-state index >= 15 is 0 Å². The van der Waals surface area contributed by atoms with Crippen molar-refractivity contribution in [3.05, 3.63) is 11.9 Å². The summed E-state index contributed by atoms with van der Waals surface area (Å²) in [5.74, 6) is -1.16. The van der Waals surface area contributed by atoms with Crippen LogP contribution in [0.3, 0.4) is 0 Å². The Morgan fingerprint density at radius 1 is 1.40 bits per heavy atom. The molecule has 0 radical (unpaired) electrons. The van der Waals surface area contributed by atoms with Crippen molar-refractivity contribution in [2.75, 3.05) is 6.54 Å². The lowest BCUT2D eigenvalue weighted by Gasteiger charge is -2.33. The van der Waals surface area contributed by atoms with Gasteiger partial charge in [0.25, 0.3) is 0 Å². The van der Waals surface area contributed by atoms with Gasteiger partial charge in [-0.05, 0) is 19.8 Å². The van der Waals surface area contributed by atoms with Crippen molar-refractivity contribution in [2.45, 2.75) is 51.6 Å². The fourth-order valence-corrected chi connectivity index (χ4v) is 2.73. The molecule has 1 fully saturated rings. The number of hydrogen-bond donors (Lipinski definition) is 1. The Morgan fingerprint density at radius 3 is 2.65 bits per heavy atom. The van der Waals surface area contributed by atoms with Crippen LogP contribution in [-0.2, 0) is 11.3 Å². The second kappa shape index (κ2) is 6.49. The first-order valence-electron chi connectivity index (χ1n) is 7.04. The lowest BCUT2D eigenvalue weighted by atomic mass is 9.94. The van der Waals surface area contributed by atoms with Crippen LogP contribution in [0.2, 0.25) is 0 Å². The standard InChI is InChI=1S/C13H20N4O3/c1-2-17(10-6-4-3-5-7-10)12(18)9-16-8-11(13(19)20)14-15-16/h8,10H,2-7,9H2,1H3,(H,19,20). The van der Waals surface area contributed by atoms with Gasteiger partial charge < -0.3 is 10.0 Å². The van der Waals surface area contributed by atoms with Crippen LogP contribution in [0.15, 0.2) is 6.20 Å². The molecule has 0 bridgehead atoms. The quantitative estimate of drug-likeness (QED) is 0.874. The van der Waals surface area contributed by atoms with Crippen LogP contribution < -0.4 is 0 Å². The number of hydrogen-bond acceptors (Lipinski definition) is 4. The minimum absolute atomic E-state index is 0.0266. The van der Waals surface area contributed by atoms with Gasteiger partial charge in [-0.2, -0.15) is 0 Å². The van der Waals surface area contributed by atoms with Gasteiger partial charge in [0.1, 0.15) is 6.54 Å². The van der Waals surface area contributed by atoms with Crippen LogP contribution in [0.4, 0.5) is 0 Å². The molecular formula is C13H20N4O3. The molecule has 2 rings (SSSR count). The average molecular weight is 280 g/mol. The van der Waals surface area contributed by atoms with Crippen molar-refractivity contribution in [3.8, 4) is 0 Å². The largest absolute Gasteiger partial charge is 0.476 e. The number of carboxylic acid groups (broad SMARTS) is 1. The van der Waals surface area contributed by atoms with Gasteiger partial charge >= 0.3 is 5.97 Å². The molecule has 1 saturated carbocycles. The number of carboxylic acids is 1. The van der Waals surface area contributed by atoms with Crippen molar-refractivity contribution in [1.29, 1.82) is 0 Å². The number of likely N-dealkylation sites (N-methyl/N-ethyl adjacent to an activating group) is 1. The summed E-state index contributed by atoms with van der Waals surface area (Å²) in [6, 6.07) is 0.309. The maximum absolute atomic E-state index is 12.3. The van der Waals surface area contributed by atoms with Crippen molar-refractivity contribution in [1.82, 2.24) is 19.9 Å². The monoisotopic (exact) mass is 280 g/mol. The Labute approximate surface area is 117 Å². The van der Waals surface area contributed by atoms with E-state index in [2.05, 4.69) is 10.3 Å². The predicted molar refractivity (Wildman–Crippen MR) is 71.2 cm³/mol. The number of rotatable bonds is 5. The van der Waals surface area contributed by atoms with Gasteiger partial charge in [0, 0.05) is 12.6 Å². The summed E-state index contributed by atoms with van der Waals surface area (Å²) < 4.78 is 1.29. The van der Waals surface area contributed by atoms with Crippen molar-refractivity contribution < 1.29 is 14.7 Å². The summed E-state index contributed by atoms with van der Waals surface area (Å²) in [6.45, 7) is 2.69. The fourth-order valence-electron chi connectivity index (χ4n) is 2.73. The van der Waals surface area contributed by atoms with E-state index in [-0.39, 0.29) is 18.1 Å². The average Bonchev–Trinajstić information content (AvgIpc) is 2.89. The van der Waals surface area contributed by atoms with Gasteiger partial charge in [-0.15, -0.1) is 5.10 Å². The van der Waals surface area contributed by atoms with Crippen molar-refractivity contribution >= 4 is 11.9 Å². The molecule has 7 nitrogen and oxygen atoms in total. The SMILES string of the molecule is CCN(C(=O)Cn1cc(C(=O)O)nn1)C1CCCCC1. The second-order valence-electron chi connectivity index (χ2n) is 5.08. The highest BCUT2D eigenvalue weighted by molar-refractivity contribution is 5.84. The van der Waals surface area contributed by atoms with Gasteiger partial charge in [-0.1, -0.05) is 24.5 Å². The van der Waals surface area contributed by atoms with Crippen LogP contribution in [0, 0.1) is 0 Å². The normalized spacial score (nSPS) is 16.1. The molecule has 1 aromatic rings. The Morgan fingerprint density at radius 2 is 2.10 bits per heavy atom. The third kappa shape index (κ3) is 3.34. The van der Waals surface area contributed by atoms with Crippen LogP contribution in [0.5, 0.6) is 0 Å². The number of aromatic nitrogens is 3. The number of nitrogens with zero attached hydrogens (tertiary/aromatic N) is 4. The summed E-state index contributed by atoms with van der Waals surface area (Å²) in [7, 11) is 0. The van der Waals surface area contributed by atoms with Crippen molar-refractivity contribution in [3.63, 3.8) is 0 Å². The predicted octanol–water partition coefficient (Wildman–Crippen LogP) is 1.16. The zero-order valence-corrected chi connectivity index (χ0v) is 11.7. The van der Waals surface area contributed by atoms with Crippen LogP contribution in [-0.4, -0.2) is 49.5 Å². The third-order valence-electron chi connectivity index (χ3n) is 3.73. The first kappa shape index (κ1) is 14.5. The molecule has 0 unspecified atom stereocenters. The molecule has 1 amide bonds. The molecule has 1 aromatic heterocycles. The van der Waals surface area contributed by atoms with E-state index in [4.69, 9.17) is 5.11 Å².